The second kappa shape index (κ2) is 8.31. The van der Waals surface area contributed by atoms with Gasteiger partial charge in [-0.25, -0.2) is 0 Å². The van der Waals surface area contributed by atoms with Gasteiger partial charge in [0.15, 0.2) is 0 Å². The monoisotopic (exact) mass is 339 g/mol. The molecule has 1 aliphatic rings. The molecule has 0 saturated carbocycles. The molecule has 2 amide bonds. The van der Waals surface area contributed by atoms with Crippen molar-refractivity contribution >= 4 is 29.9 Å². The van der Waals surface area contributed by atoms with Gasteiger partial charge in [0.25, 0.3) is 5.91 Å². The molecule has 1 heterocycles. The fourth-order valence-electron chi connectivity index (χ4n) is 2.68. The van der Waals surface area contributed by atoms with Gasteiger partial charge in [0, 0.05) is 24.3 Å². The average Bonchev–Trinajstić information content (AvgIpc) is 2.50. The second-order valence-electron chi connectivity index (χ2n) is 6.18. The van der Waals surface area contributed by atoms with Crippen LogP contribution < -0.4 is 16.0 Å². The molecule has 2 rings (SSSR count). The average molecular weight is 340 g/mol. The Morgan fingerprint density at radius 3 is 2.70 bits per heavy atom. The zero-order valence-electron chi connectivity index (χ0n) is 14.0. The summed E-state index contributed by atoms with van der Waals surface area (Å²) in [5.41, 5.74) is 1.83. The SMILES string of the molecule is CCNC(=O)c1ccc(C)c(NC(=O)C2(C)CCCNC2)c1.Cl. The van der Waals surface area contributed by atoms with E-state index in [1.165, 1.54) is 0 Å². The predicted octanol–water partition coefficient (Wildman–Crippen LogP) is 2.49. The van der Waals surface area contributed by atoms with Crippen LogP contribution >= 0.6 is 12.4 Å². The summed E-state index contributed by atoms with van der Waals surface area (Å²) in [5, 5.41) is 9.05. The molecule has 1 unspecified atom stereocenters. The van der Waals surface area contributed by atoms with Crippen molar-refractivity contribution in [3.05, 3.63) is 29.3 Å². The zero-order valence-corrected chi connectivity index (χ0v) is 14.8. The number of nitrogens with one attached hydrogen (secondary N) is 3. The Bertz CT molecular complexity index is 569. The van der Waals surface area contributed by atoms with E-state index in [1.54, 1.807) is 12.1 Å². The van der Waals surface area contributed by atoms with Crippen molar-refractivity contribution in [2.75, 3.05) is 25.0 Å². The third-order valence-corrected chi connectivity index (χ3v) is 4.23. The van der Waals surface area contributed by atoms with Gasteiger partial charge in [-0.15, -0.1) is 12.4 Å². The molecule has 0 bridgehead atoms. The Balaban J connectivity index is 0.00000264. The van der Waals surface area contributed by atoms with Crippen LogP contribution in [0, 0.1) is 12.3 Å². The highest BCUT2D eigenvalue weighted by Crippen LogP contribution is 2.28. The summed E-state index contributed by atoms with van der Waals surface area (Å²) in [6.45, 7) is 8.03. The van der Waals surface area contributed by atoms with Crippen molar-refractivity contribution in [2.45, 2.75) is 33.6 Å². The first-order valence-electron chi connectivity index (χ1n) is 7.87. The largest absolute Gasteiger partial charge is 0.352 e. The van der Waals surface area contributed by atoms with Gasteiger partial charge in [0.05, 0.1) is 5.41 Å². The molecular weight excluding hydrogens is 314 g/mol. The van der Waals surface area contributed by atoms with Crippen molar-refractivity contribution in [3.63, 3.8) is 0 Å². The number of rotatable bonds is 4. The Kier molecular flexibility index (Phi) is 7.03. The highest BCUT2D eigenvalue weighted by molar-refractivity contribution is 5.99. The maximum atomic E-state index is 12.6. The maximum Gasteiger partial charge on any atom is 0.251 e. The molecule has 1 saturated heterocycles. The van der Waals surface area contributed by atoms with E-state index < -0.39 is 5.41 Å². The topological polar surface area (TPSA) is 70.2 Å². The second-order valence-corrected chi connectivity index (χ2v) is 6.18. The van der Waals surface area contributed by atoms with Gasteiger partial charge in [-0.1, -0.05) is 6.07 Å². The van der Waals surface area contributed by atoms with Crippen LogP contribution in [0.25, 0.3) is 0 Å². The van der Waals surface area contributed by atoms with E-state index in [9.17, 15) is 9.59 Å². The van der Waals surface area contributed by atoms with Crippen molar-refractivity contribution in [1.82, 2.24) is 10.6 Å². The lowest BCUT2D eigenvalue weighted by Crippen LogP contribution is -2.46. The van der Waals surface area contributed by atoms with Crippen LogP contribution in [0.4, 0.5) is 5.69 Å². The number of amides is 2. The predicted molar refractivity (Wildman–Crippen MR) is 95.3 cm³/mol. The van der Waals surface area contributed by atoms with Crippen LogP contribution in [0.2, 0.25) is 0 Å². The van der Waals surface area contributed by atoms with Gasteiger partial charge >= 0.3 is 0 Å². The Hall–Kier alpha value is -1.59. The minimum atomic E-state index is -0.396. The molecule has 0 aromatic heterocycles. The van der Waals surface area contributed by atoms with Crippen molar-refractivity contribution in [2.24, 2.45) is 5.41 Å². The summed E-state index contributed by atoms with van der Waals surface area (Å²) in [7, 11) is 0. The lowest BCUT2D eigenvalue weighted by atomic mass is 9.82. The van der Waals surface area contributed by atoms with E-state index in [0.29, 0.717) is 24.3 Å². The lowest BCUT2D eigenvalue weighted by molar-refractivity contribution is -0.125. The highest BCUT2D eigenvalue weighted by Gasteiger charge is 2.34. The quantitative estimate of drug-likeness (QED) is 0.789. The zero-order chi connectivity index (χ0) is 16.2. The van der Waals surface area contributed by atoms with Gasteiger partial charge in [0.1, 0.15) is 0 Å². The molecule has 23 heavy (non-hydrogen) atoms. The Labute approximate surface area is 144 Å². The van der Waals surface area contributed by atoms with Crippen LogP contribution in [-0.4, -0.2) is 31.4 Å². The van der Waals surface area contributed by atoms with E-state index in [-0.39, 0.29) is 24.2 Å². The number of carbonyl (C=O) groups is 2. The molecule has 0 radical (unpaired) electrons. The summed E-state index contributed by atoms with van der Waals surface area (Å²) in [5.74, 6) is -0.112. The molecule has 1 fully saturated rings. The molecule has 128 valence electrons. The van der Waals surface area contributed by atoms with Crippen molar-refractivity contribution < 1.29 is 9.59 Å². The number of aryl methyl sites for hydroxylation is 1. The number of hydrogen-bond acceptors (Lipinski definition) is 3. The maximum absolute atomic E-state index is 12.6. The molecule has 1 aromatic carbocycles. The first-order valence-corrected chi connectivity index (χ1v) is 7.87. The Morgan fingerprint density at radius 1 is 1.35 bits per heavy atom. The molecule has 6 heteroatoms. The van der Waals surface area contributed by atoms with Gasteiger partial charge in [0.2, 0.25) is 5.91 Å². The standard InChI is InChI=1S/C17H25N3O2.ClH/c1-4-19-15(21)13-7-6-12(2)14(10-13)20-16(22)17(3)8-5-9-18-11-17;/h6-7,10,18H,4-5,8-9,11H2,1-3H3,(H,19,21)(H,20,22);1H. The molecule has 0 aliphatic carbocycles. The number of benzene rings is 1. The summed E-state index contributed by atoms with van der Waals surface area (Å²) >= 11 is 0. The lowest BCUT2D eigenvalue weighted by Gasteiger charge is -2.32. The van der Waals surface area contributed by atoms with Crippen LogP contribution in [0.15, 0.2) is 18.2 Å². The van der Waals surface area contributed by atoms with E-state index in [0.717, 1.165) is 24.9 Å². The number of piperidine rings is 1. The summed E-state index contributed by atoms with van der Waals surface area (Å²) in [6.07, 6.45) is 1.88. The summed E-state index contributed by atoms with van der Waals surface area (Å²) in [4.78, 5) is 24.5. The van der Waals surface area contributed by atoms with Crippen LogP contribution in [0.5, 0.6) is 0 Å². The van der Waals surface area contributed by atoms with Crippen LogP contribution in [0.1, 0.15) is 42.6 Å². The molecular formula is C17H26ClN3O2. The number of carbonyl (C=O) groups excluding carboxylic acids is 2. The molecule has 3 N–H and O–H groups in total. The van der Waals surface area contributed by atoms with Gasteiger partial charge in [-0.05, 0) is 57.9 Å². The molecule has 1 aromatic rings. The van der Waals surface area contributed by atoms with Crippen molar-refractivity contribution in [3.8, 4) is 0 Å². The normalized spacial score (nSPS) is 20.3. The van der Waals surface area contributed by atoms with Crippen LogP contribution in [0.3, 0.4) is 0 Å². The van der Waals surface area contributed by atoms with Gasteiger partial charge in [-0.2, -0.15) is 0 Å². The Morgan fingerprint density at radius 2 is 2.09 bits per heavy atom. The van der Waals surface area contributed by atoms with Gasteiger partial charge in [-0.3, -0.25) is 9.59 Å². The van der Waals surface area contributed by atoms with Crippen LogP contribution in [-0.2, 0) is 4.79 Å². The minimum absolute atomic E-state index is 0. The summed E-state index contributed by atoms with van der Waals surface area (Å²) in [6, 6.07) is 5.39. The first kappa shape index (κ1) is 19.5. The van der Waals surface area contributed by atoms with E-state index >= 15 is 0 Å². The third kappa shape index (κ3) is 4.69. The summed E-state index contributed by atoms with van der Waals surface area (Å²) < 4.78 is 0. The smallest absolute Gasteiger partial charge is 0.251 e. The number of hydrogen-bond donors (Lipinski definition) is 3. The van der Waals surface area contributed by atoms with Gasteiger partial charge < -0.3 is 16.0 Å². The number of anilines is 1. The van der Waals surface area contributed by atoms with E-state index in [1.807, 2.05) is 26.8 Å². The highest BCUT2D eigenvalue weighted by atomic mass is 35.5. The number of halogens is 1. The molecule has 1 aliphatic heterocycles. The molecule has 1 atom stereocenters. The fourth-order valence-corrected chi connectivity index (χ4v) is 2.68. The molecule has 0 spiro atoms. The fraction of sp³-hybridized carbons (Fsp3) is 0.529. The minimum Gasteiger partial charge on any atom is -0.352 e. The first-order chi connectivity index (χ1) is 10.5. The van der Waals surface area contributed by atoms with E-state index in [2.05, 4.69) is 16.0 Å². The van der Waals surface area contributed by atoms with E-state index in [4.69, 9.17) is 0 Å². The molecule has 5 nitrogen and oxygen atoms in total. The van der Waals surface area contributed by atoms with Crippen molar-refractivity contribution in [1.29, 1.82) is 0 Å². The third-order valence-electron chi connectivity index (χ3n) is 4.23.